The largest absolute Gasteiger partial charge is 0.311 e. The number of anilines is 9. The normalized spacial score (nSPS) is 18.1. The molecule has 0 spiro atoms. The Kier molecular flexibility index (Phi) is 10.3. The lowest BCUT2D eigenvalue weighted by molar-refractivity contribution is 0.332. The molecule has 0 saturated heterocycles. The van der Waals surface area contributed by atoms with Gasteiger partial charge in [-0.3, -0.25) is 0 Å². The maximum atomic E-state index is 2.73. The molecule has 0 fully saturated rings. The summed E-state index contributed by atoms with van der Waals surface area (Å²) in [6.45, 7) is 34.0. The third-order valence-corrected chi connectivity index (χ3v) is 18.4. The molecule has 3 heterocycles. The van der Waals surface area contributed by atoms with Gasteiger partial charge in [0.2, 0.25) is 0 Å². The fraction of sp³-hybridized carbons (Fsp3) is 0.375. The topological polar surface area (TPSA) is 9.72 Å². The Morgan fingerprint density at radius 2 is 0.928 bits per heavy atom. The number of rotatable bonds is 5. The van der Waals surface area contributed by atoms with Crippen LogP contribution >= 0.6 is 11.3 Å². The molecule has 0 saturated carbocycles. The average Bonchev–Trinajstić information content (AvgIpc) is 3.73. The maximum Gasteiger partial charge on any atom is 0.264 e. The smallest absolute Gasteiger partial charge is 0.264 e. The van der Waals surface area contributed by atoms with Gasteiger partial charge in [0.25, 0.3) is 6.71 Å². The number of hydrogen-bond donors (Lipinski definition) is 0. The van der Waals surface area contributed by atoms with Gasteiger partial charge < -0.3 is 14.7 Å². The zero-order chi connectivity index (χ0) is 48.8. The Morgan fingerprint density at radius 3 is 1.43 bits per heavy atom. The van der Waals surface area contributed by atoms with Crippen molar-refractivity contribution < 1.29 is 0 Å². The van der Waals surface area contributed by atoms with Crippen LogP contribution in [0.1, 0.15) is 155 Å². The van der Waals surface area contributed by atoms with Gasteiger partial charge in [0.05, 0.1) is 11.4 Å². The summed E-state index contributed by atoms with van der Waals surface area (Å²) >= 11 is 2.13. The second-order valence-corrected chi connectivity index (χ2v) is 26.7. The Bertz CT molecular complexity index is 3080. The molecule has 7 aromatic rings. The molecule has 352 valence electrons. The number of hydrogen-bond acceptors (Lipinski definition) is 4. The standard InChI is InChI=1S/C64H72BN3S/c1-59(2,3)41-25-29-45(30-26-41)67-51-40-49-48(61(7,8)33-34-62(49,9)10)39-50(51)65-55-52(67)37-47(66(43-21-17-15-18-22-43)44-23-19-16-20-24-44)38-53(55)68(46-31-27-42(28-32-46)60(4,5)6)56-54-57(69-58(56)65)64(13,14)36-35-63(54,11)12/h15-32,37-40H,33-36H2,1-14H3. The molecule has 6 aromatic carbocycles. The maximum absolute atomic E-state index is 2.73. The zero-order valence-electron chi connectivity index (χ0n) is 43.9. The third kappa shape index (κ3) is 7.34. The summed E-state index contributed by atoms with van der Waals surface area (Å²) in [5, 5.41) is 0. The van der Waals surface area contributed by atoms with Crippen molar-refractivity contribution >= 4 is 84.9 Å². The minimum atomic E-state index is -0.0171. The van der Waals surface area contributed by atoms with Crippen molar-refractivity contribution in [3.8, 4) is 0 Å². The van der Waals surface area contributed by atoms with E-state index in [0.29, 0.717) is 0 Å². The Balaban J connectivity index is 1.32. The second-order valence-electron chi connectivity index (χ2n) is 25.6. The lowest BCUT2D eigenvalue weighted by Gasteiger charge is -2.48. The van der Waals surface area contributed by atoms with Crippen LogP contribution in [0.2, 0.25) is 0 Å². The van der Waals surface area contributed by atoms with Crippen LogP contribution in [0.5, 0.6) is 0 Å². The molecule has 3 nitrogen and oxygen atoms in total. The highest BCUT2D eigenvalue weighted by Crippen LogP contribution is 2.58. The van der Waals surface area contributed by atoms with Gasteiger partial charge in [-0.15, -0.1) is 0 Å². The van der Waals surface area contributed by atoms with Crippen LogP contribution in [0.15, 0.2) is 133 Å². The van der Waals surface area contributed by atoms with E-state index in [4.69, 9.17) is 0 Å². The number of fused-ring (bicyclic) bond motifs is 7. The predicted octanol–water partition coefficient (Wildman–Crippen LogP) is 16.6. The first kappa shape index (κ1) is 45.9. The highest BCUT2D eigenvalue weighted by molar-refractivity contribution is 7.29. The molecule has 5 heteroatoms. The molecular weight excluding hydrogens is 854 g/mol. The number of benzene rings is 6. The van der Waals surface area contributed by atoms with E-state index in [1.807, 2.05) is 0 Å². The van der Waals surface area contributed by atoms with Gasteiger partial charge in [-0.05, 0) is 164 Å². The summed E-state index contributed by atoms with van der Waals surface area (Å²) in [7, 11) is 0. The first-order valence-electron chi connectivity index (χ1n) is 25.7. The fourth-order valence-electron chi connectivity index (χ4n) is 12.3. The van der Waals surface area contributed by atoms with Crippen LogP contribution in [-0.4, -0.2) is 6.71 Å². The number of para-hydroxylation sites is 2. The minimum Gasteiger partial charge on any atom is -0.311 e. The molecule has 69 heavy (non-hydrogen) atoms. The predicted molar refractivity (Wildman–Crippen MR) is 301 cm³/mol. The Hall–Kier alpha value is -5.52. The summed E-state index contributed by atoms with van der Waals surface area (Å²) < 4.78 is 1.49. The summed E-state index contributed by atoms with van der Waals surface area (Å²) in [6, 6.07) is 51.6. The first-order valence-corrected chi connectivity index (χ1v) is 26.5. The van der Waals surface area contributed by atoms with E-state index in [2.05, 4.69) is 256 Å². The quantitative estimate of drug-likeness (QED) is 0.159. The van der Waals surface area contributed by atoms with E-state index in [9.17, 15) is 0 Å². The first-order chi connectivity index (χ1) is 32.5. The van der Waals surface area contributed by atoms with E-state index in [-0.39, 0.29) is 39.2 Å². The van der Waals surface area contributed by atoms with Gasteiger partial charge >= 0.3 is 0 Å². The highest BCUT2D eigenvalue weighted by Gasteiger charge is 2.52. The van der Waals surface area contributed by atoms with Gasteiger partial charge in [0.1, 0.15) is 0 Å². The molecule has 2 aliphatic heterocycles. The monoisotopic (exact) mass is 926 g/mol. The SMILES string of the molecule is CC(C)(C)c1ccc(N2c3cc4c(cc3B3c5sc6c(c5N(c5ccc(C(C)(C)C)cc5)c5cc(N(c7ccccc7)c7ccccc7)cc2c53)C(C)(C)CCC6(C)C)C(C)(C)CCC4(C)C)cc1. The average molecular weight is 926 g/mol. The van der Waals surface area contributed by atoms with E-state index in [0.717, 1.165) is 23.5 Å². The van der Waals surface area contributed by atoms with Crippen molar-refractivity contribution in [1.82, 2.24) is 0 Å². The van der Waals surface area contributed by atoms with Crippen molar-refractivity contribution in [2.24, 2.45) is 0 Å². The molecule has 0 bridgehead atoms. The van der Waals surface area contributed by atoms with Crippen molar-refractivity contribution in [1.29, 1.82) is 0 Å². The minimum absolute atomic E-state index is 0.0171. The molecular formula is C64H72BN3S. The van der Waals surface area contributed by atoms with Crippen molar-refractivity contribution in [3.05, 3.63) is 166 Å². The second kappa shape index (κ2) is 15.5. The van der Waals surface area contributed by atoms with Crippen LogP contribution < -0.4 is 30.4 Å². The van der Waals surface area contributed by atoms with Crippen LogP contribution in [0.3, 0.4) is 0 Å². The summed E-state index contributed by atoms with van der Waals surface area (Å²) in [5.41, 5.74) is 21.3. The Labute approximate surface area is 418 Å². The molecule has 4 aliphatic rings. The van der Waals surface area contributed by atoms with Crippen LogP contribution in [0.25, 0.3) is 0 Å². The van der Waals surface area contributed by atoms with Crippen molar-refractivity contribution in [2.75, 3.05) is 14.7 Å². The lowest BCUT2D eigenvalue weighted by Crippen LogP contribution is -2.61. The van der Waals surface area contributed by atoms with E-state index in [1.54, 1.807) is 10.4 Å². The van der Waals surface area contributed by atoms with Crippen LogP contribution in [0.4, 0.5) is 51.2 Å². The van der Waals surface area contributed by atoms with E-state index >= 15 is 0 Å². The number of thiophene rings is 1. The zero-order valence-corrected chi connectivity index (χ0v) is 44.7. The van der Waals surface area contributed by atoms with Gasteiger partial charge in [0, 0.05) is 49.5 Å². The Morgan fingerprint density at radius 1 is 0.478 bits per heavy atom. The molecule has 0 amide bonds. The van der Waals surface area contributed by atoms with Crippen molar-refractivity contribution in [3.63, 3.8) is 0 Å². The van der Waals surface area contributed by atoms with E-state index in [1.165, 1.54) is 91.3 Å². The van der Waals surface area contributed by atoms with Gasteiger partial charge in [-0.2, -0.15) is 11.3 Å². The molecule has 11 rings (SSSR count). The summed E-state index contributed by atoms with van der Waals surface area (Å²) in [6.07, 6.45) is 4.66. The van der Waals surface area contributed by atoms with Gasteiger partial charge in [-0.1, -0.05) is 164 Å². The molecule has 2 aliphatic carbocycles. The number of nitrogens with zero attached hydrogens (tertiary/aromatic N) is 3. The summed E-state index contributed by atoms with van der Waals surface area (Å²) in [5.74, 6) is 0. The van der Waals surface area contributed by atoms with Crippen molar-refractivity contribution in [2.45, 2.75) is 155 Å². The lowest BCUT2D eigenvalue weighted by atomic mass is 9.35. The van der Waals surface area contributed by atoms with Gasteiger partial charge in [0.15, 0.2) is 0 Å². The molecule has 1 aromatic heterocycles. The van der Waals surface area contributed by atoms with Gasteiger partial charge in [-0.25, -0.2) is 0 Å². The molecule has 0 N–H and O–H groups in total. The molecule has 0 unspecified atom stereocenters. The summed E-state index contributed by atoms with van der Waals surface area (Å²) in [4.78, 5) is 9.43. The third-order valence-electron chi connectivity index (χ3n) is 16.8. The van der Waals surface area contributed by atoms with Crippen LogP contribution in [0, 0.1) is 0 Å². The molecule has 0 radical (unpaired) electrons. The van der Waals surface area contributed by atoms with E-state index < -0.39 is 0 Å². The fourth-order valence-corrected chi connectivity index (χ4v) is 14.0. The molecule has 0 atom stereocenters. The highest BCUT2D eigenvalue weighted by atomic mass is 32.1. The van der Waals surface area contributed by atoms with Crippen LogP contribution in [-0.2, 0) is 32.5 Å².